The highest BCUT2D eigenvalue weighted by molar-refractivity contribution is 5.91. The van der Waals surface area contributed by atoms with Crippen molar-refractivity contribution >= 4 is 29.8 Å². The average Bonchev–Trinajstić information content (AvgIpc) is 2.97. The minimum Gasteiger partial charge on any atom is -0.496 e. The second kappa shape index (κ2) is 15.8. The first-order valence-corrected chi connectivity index (χ1v) is 13.6. The van der Waals surface area contributed by atoms with Gasteiger partial charge in [-0.3, -0.25) is 14.4 Å². The van der Waals surface area contributed by atoms with Crippen LogP contribution in [0.15, 0.2) is 42.5 Å². The predicted molar refractivity (Wildman–Crippen MR) is 151 cm³/mol. The summed E-state index contributed by atoms with van der Waals surface area (Å²) in [6.07, 6.45) is -6.12. The highest BCUT2D eigenvalue weighted by Crippen LogP contribution is 2.41. The summed E-state index contributed by atoms with van der Waals surface area (Å²) < 4.78 is 43.8. The van der Waals surface area contributed by atoms with E-state index in [1.54, 1.807) is 42.5 Å². The highest BCUT2D eigenvalue weighted by atomic mass is 16.7. The maximum absolute atomic E-state index is 12.7. The van der Waals surface area contributed by atoms with Crippen LogP contribution in [-0.4, -0.2) is 88.8 Å². The van der Waals surface area contributed by atoms with Crippen LogP contribution in [0.4, 0.5) is 0 Å². The molecule has 0 bridgehead atoms. The minimum atomic E-state index is -1.40. The Kier molecular flexibility index (Phi) is 12.2. The number of carbonyl (C=O) groups excluding carboxylic acids is 5. The van der Waals surface area contributed by atoms with Crippen LogP contribution in [0.2, 0.25) is 0 Å². The Morgan fingerprint density at radius 1 is 0.795 bits per heavy atom. The van der Waals surface area contributed by atoms with E-state index >= 15 is 0 Å². The van der Waals surface area contributed by atoms with Gasteiger partial charge in [-0.25, -0.2) is 9.59 Å². The molecule has 13 nitrogen and oxygen atoms in total. The van der Waals surface area contributed by atoms with Crippen LogP contribution in [0.1, 0.15) is 53.9 Å². The Bertz CT molecular complexity index is 1350. The van der Waals surface area contributed by atoms with Crippen LogP contribution in [0.25, 0.3) is 0 Å². The molecule has 1 heterocycles. The zero-order chi connectivity index (χ0) is 32.4. The van der Waals surface area contributed by atoms with Gasteiger partial charge in [0.15, 0.2) is 18.3 Å². The number of carbonyl (C=O) groups is 5. The third-order valence-corrected chi connectivity index (χ3v) is 6.64. The van der Waals surface area contributed by atoms with Crippen molar-refractivity contribution in [2.45, 2.75) is 57.7 Å². The fraction of sp³-hybridized carbons (Fsp3) is 0.452. The SMILES string of the molecule is COCC(=O)O[C@H]1[C@@H](OC(C)=O)[C@@H](COC(C)=O)O[C@@H](c2cc(Cc3ccccc3C(=O)OC)ccc2OC)[C@@H]1OC(C)=O. The van der Waals surface area contributed by atoms with Gasteiger partial charge < -0.3 is 37.9 Å². The summed E-state index contributed by atoms with van der Waals surface area (Å²) in [5.41, 5.74) is 2.17. The van der Waals surface area contributed by atoms with E-state index in [1.807, 2.05) is 0 Å². The first-order chi connectivity index (χ1) is 21.0. The number of methoxy groups -OCH3 is 3. The van der Waals surface area contributed by atoms with Crippen molar-refractivity contribution in [3.05, 3.63) is 64.7 Å². The second-order valence-electron chi connectivity index (χ2n) is 9.84. The molecule has 0 aromatic heterocycles. The molecule has 0 saturated carbocycles. The van der Waals surface area contributed by atoms with E-state index in [0.717, 1.165) is 13.8 Å². The van der Waals surface area contributed by atoms with Crippen LogP contribution in [0.3, 0.4) is 0 Å². The van der Waals surface area contributed by atoms with Crippen molar-refractivity contribution < 1.29 is 61.9 Å². The van der Waals surface area contributed by atoms with Crippen LogP contribution >= 0.6 is 0 Å². The zero-order valence-electron chi connectivity index (χ0n) is 25.4. The fourth-order valence-corrected chi connectivity index (χ4v) is 4.91. The van der Waals surface area contributed by atoms with Gasteiger partial charge >= 0.3 is 29.8 Å². The molecule has 5 atom stereocenters. The number of rotatable bonds is 12. The Balaban J connectivity index is 2.16. The van der Waals surface area contributed by atoms with E-state index in [1.165, 1.54) is 28.3 Å². The minimum absolute atomic E-state index is 0.298. The molecule has 1 aliphatic rings. The Labute approximate surface area is 254 Å². The molecule has 0 spiro atoms. The molecule has 13 heteroatoms. The molecule has 0 N–H and O–H groups in total. The second-order valence-corrected chi connectivity index (χ2v) is 9.84. The molecular formula is C31H36O13. The lowest BCUT2D eigenvalue weighted by Gasteiger charge is -2.45. The number of hydrogen-bond donors (Lipinski definition) is 0. The summed E-state index contributed by atoms with van der Waals surface area (Å²) in [5.74, 6) is -3.12. The fourth-order valence-electron chi connectivity index (χ4n) is 4.91. The third kappa shape index (κ3) is 8.77. The van der Waals surface area contributed by atoms with E-state index in [0.29, 0.717) is 34.4 Å². The van der Waals surface area contributed by atoms with Gasteiger partial charge in [0.1, 0.15) is 31.2 Å². The van der Waals surface area contributed by atoms with Crippen molar-refractivity contribution in [3.63, 3.8) is 0 Å². The van der Waals surface area contributed by atoms with Crippen molar-refractivity contribution in [3.8, 4) is 5.75 Å². The normalized spacial score (nSPS) is 21.0. The molecule has 0 amide bonds. The molecule has 238 valence electrons. The summed E-state index contributed by atoms with van der Waals surface area (Å²) in [5, 5.41) is 0. The number of benzene rings is 2. The van der Waals surface area contributed by atoms with E-state index in [-0.39, 0.29) is 6.61 Å². The summed E-state index contributed by atoms with van der Waals surface area (Å²) in [4.78, 5) is 61.3. The van der Waals surface area contributed by atoms with Gasteiger partial charge in [0.05, 0.1) is 19.8 Å². The predicted octanol–water partition coefficient (Wildman–Crippen LogP) is 2.50. The van der Waals surface area contributed by atoms with Crippen LogP contribution in [-0.2, 0) is 58.8 Å². The molecule has 2 aromatic carbocycles. The van der Waals surface area contributed by atoms with Crippen LogP contribution in [0.5, 0.6) is 5.75 Å². The molecule has 0 aliphatic carbocycles. The molecule has 44 heavy (non-hydrogen) atoms. The molecular weight excluding hydrogens is 580 g/mol. The van der Waals surface area contributed by atoms with E-state index in [9.17, 15) is 24.0 Å². The maximum Gasteiger partial charge on any atom is 0.338 e. The average molecular weight is 617 g/mol. The van der Waals surface area contributed by atoms with Gasteiger partial charge in [-0.1, -0.05) is 24.3 Å². The monoisotopic (exact) mass is 616 g/mol. The number of ether oxygens (including phenoxy) is 8. The van der Waals surface area contributed by atoms with Gasteiger partial charge in [-0.05, 0) is 35.7 Å². The van der Waals surface area contributed by atoms with E-state index in [2.05, 4.69) is 0 Å². The molecule has 1 aliphatic heterocycles. The van der Waals surface area contributed by atoms with Crippen molar-refractivity contribution in [1.29, 1.82) is 0 Å². The lowest BCUT2D eigenvalue weighted by Crippen LogP contribution is -2.59. The third-order valence-electron chi connectivity index (χ3n) is 6.64. The summed E-state index contributed by atoms with van der Waals surface area (Å²) in [6, 6.07) is 12.2. The maximum atomic E-state index is 12.7. The summed E-state index contributed by atoms with van der Waals surface area (Å²) >= 11 is 0. The highest BCUT2D eigenvalue weighted by Gasteiger charge is 2.53. The van der Waals surface area contributed by atoms with Crippen LogP contribution < -0.4 is 4.74 Å². The van der Waals surface area contributed by atoms with Crippen LogP contribution in [0, 0.1) is 0 Å². The quantitative estimate of drug-likeness (QED) is 0.253. The Morgan fingerprint density at radius 3 is 2.09 bits per heavy atom. The smallest absolute Gasteiger partial charge is 0.338 e. The van der Waals surface area contributed by atoms with Gasteiger partial charge in [-0.2, -0.15) is 0 Å². The topological polar surface area (TPSA) is 159 Å². The molecule has 1 fully saturated rings. The molecule has 0 radical (unpaired) electrons. The van der Waals surface area contributed by atoms with Gasteiger partial charge in [0.25, 0.3) is 0 Å². The first kappa shape index (κ1) is 34.0. The van der Waals surface area contributed by atoms with Crippen molar-refractivity contribution in [2.75, 3.05) is 34.5 Å². The number of esters is 5. The Morgan fingerprint density at radius 2 is 1.48 bits per heavy atom. The first-order valence-electron chi connectivity index (χ1n) is 13.6. The largest absolute Gasteiger partial charge is 0.496 e. The molecule has 0 unspecified atom stereocenters. The Hall–Kier alpha value is -4.49. The van der Waals surface area contributed by atoms with E-state index in [4.69, 9.17) is 37.9 Å². The molecule has 3 rings (SSSR count). The summed E-state index contributed by atoms with van der Waals surface area (Å²) in [7, 11) is 4.02. The number of hydrogen-bond acceptors (Lipinski definition) is 13. The van der Waals surface area contributed by atoms with Crippen molar-refractivity contribution in [1.82, 2.24) is 0 Å². The van der Waals surface area contributed by atoms with Crippen molar-refractivity contribution in [2.24, 2.45) is 0 Å². The zero-order valence-corrected chi connectivity index (χ0v) is 25.4. The van der Waals surface area contributed by atoms with Gasteiger partial charge in [0.2, 0.25) is 0 Å². The standard InChI is InChI=1S/C31H36O13/c1-17(32)40-15-25-28(41-18(2)33)30(44-26(35)16-37-4)29(42-19(3)34)27(43-25)23-14-20(11-12-24(23)38-5)13-21-9-7-8-10-22(21)31(36)39-6/h7-12,14,25,27-30H,13,15-16H2,1-6H3/t25-,27+,28+,29+,30+/m1/s1. The summed E-state index contributed by atoms with van der Waals surface area (Å²) in [6.45, 7) is 2.66. The molecule has 2 aromatic rings. The lowest BCUT2D eigenvalue weighted by molar-refractivity contribution is -0.255. The van der Waals surface area contributed by atoms with Gasteiger partial charge in [0, 0.05) is 33.4 Å². The lowest BCUT2D eigenvalue weighted by atomic mass is 9.88. The van der Waals surface area contributed by atoms with Gasteiger partial charge in [-0.15, -0.1) is 0 Å². The van der Waals surface area contributed by atoms with E-state index < -0.39 is 67.0 Å². The molecule has 1 saturated heterocycles.